The Morgan fingerprint density at radius 1 is 1.03 bits per heavy atom. The number of amides is 1. The number of aryl methyl sites for hydroxylation is 2. The highest BCUT2D eigenvalue weighted by atomic mass is 19.2. The molecule has 0 radical (unpaired) electrons. The fourth-order valence-corrected chi connectivity index (χ4v) is 4.14. The molecule has 1 saturated heterocycles. The maximum absolute atomic E-state index is 14.0. The van der Waals surface area contributed by atoms with E-state index in [-0.39, 0.29) is 16.8 Å². The monoisotopic (exact) mass is 450 g/mol. The number of aromatic nitrogens is 1. The molecule has 8 heteroatoms. The van der Waals surface area contributed by atoms with Crippen LogP contribution < -0.4 is 9.64 Å². The topological polar surface area (TPSA) is 79.7 Å². The van der Waals surface area contributed by atoms with Gasteiger partial charge in [0.05, 0.1) is 24.3 Å². The molecule has 1 atom stereocenters. The second kappa shape index (κ2) is 8.46. The van der Waals surface area contributed by atoms with E-state index in [9.17, 15) is 23.5 Å². The number of ether oxygens (including phenoxy) is 1. The van der Waals surface area contributed by atoms with Gasteiger partial charge in [-0.15, -0.1) is 0 Å². The van der Waals surface area contributed by atoms with Gasteiger partial charge in [0, 0.05) is 24.1 Å². The number of hydrogen-bond donors (Lipinski definition) is 1. The second-order valence-electron chi connectivity index (χ2n) is 7.71. The zero-order valence-electron chi connectivity index (χ0n) is 18.1. The summed E-state index contributed by atoms with van der Waals surface area (Å²) in [5.41, 5.74) is 2.03. The van der Waals surface area contributed by atoms with E-state index in [2.05, 4.69) is 4.98 Å². The van der Waals surface area contributed by atoms with Crippen LogP contribution >= 0.6 is 0 Å². The number of pyridine rings is 1. The number of aliphatic hydroxyl groups is 1. The number of Topliss-reactive ketones (excluding diaryl/α,β-unsaturated/α-hetero) is 1. The molecule has 1 aromatic heterocycles. The molecule has 33 heavy (non-hydrogen) atoms. The zero-order chi connectivity index (χ0) is 23.9. The van der Waals surface area contributed by atoms with Crippen LogP contribution in [0.3, 0.4) is 0 Å². The number of rotatable bonds is 4. The number of anilines is 1. The van der Waals surface area contributed by atoms with Crippen molar-refractivity contribution >= 4 is 23.1 Å². The standard InChI is InChI=1S/C25H20F2N2O4/c1-13-10-14(2)24(33-3)17(11-13)22(30)20-21(15-6-8-28-9-7-15)29(25(32)23(20)31)16-4-5-18(26)19(27)12-16/h4-12,21,30H,1-3H3/b22-20+. The molecular formula is C25H20F2N2O4. The molecule has 0 spiro atoms. The van der Waals surface area contributed by atoms with Crippen molar-refractivity contribution in [2.75, 3.05) is 12.0 Å². The largest absolute Gasteiger partial charge is 0.507 e. The summed E-state index contributed by atoms with van der Waals surface area (Å²) in [6.45, 7) is 3.62. The molecule has 4 rings (SSSR count). The number of aliphatic hydroxyl groups excluding tert-OH is 1. The van der Waals surface area contributed by atoms with E-state index in [4.69, 9.17) is 4.74 Å². The first-order chi connectivity index (χ1) is 15.7. The molecule has 2 aromatic carbocycles. The van der Waals surface area contributed by atoms with Gasteiger partial charge in [-0.3, -0.25) is 19.5 Å². The fraction of sp³-hybridized carbons (Fsp3) is 0.160. The summed E-state index contributed by atoms with van der Waals surface area (Å²) >= 11 is 0. The molecular weight excluding hydrogens is 430 g/mol. The molecule has 0 aliphatic carbocycles. The molecule has 1 fully saturated rings. The van der Waals surface area contributed by atoms with Crippen molar-refractivity contribution in [2.24, 2.45) is 0 Å². The number of nitrogens with zero attached hydrogens (tertiary/aromatic N) is 2. The lowest BCUT2D eigenvalue weighted by Crippen LogP contribution is -2.29. The Balaban J connectivity index is 2.00. The van der Waals surface area contributed by atoms with E-state index in [0.717, 1.165) is 28.2 Å². The van der Waals surface area contributed by atoms with Crippen LogP contribution in [0.4, 0.5) is 14.5 Å². The van der Waals surface area contributed by atoms with Gasteiger partial charge in [0.2, 0.25) is 0 Å². The first-order valence-electron chi connectivity index (χ1n) is 10.1. The van der Waals surface area contributed by atoms with Crippen LogP contribution in [0.15, 0.2) is 60.4 Å². The molecule has 1 aliphatic rings. The normalized spacial score (nSPS) is 17.5. The fourth-order valence-electron chi connectivity index (χ4n) is 4.14. The smallest absolute Gasteiger partial charge is 0.300 e. The lowest BCUT2D eigenvalue weighted by molar-refractivity contribution is -0.132. The Bertz CT molecular complexity index is 1310. The molecule has 1 aliphatic heterocycles. The number of carbonyl (C=O) groups is 2. The number of carbonyl (C=O) groups excluding carboxylic acids is 2. The molecule has 1 amide bonds. The Hall–Kier alpha value is -4.07. The van der Waals surface area contributed by atoms with Crippen LogP contribution in [0, 0.1) is 25.5 Å². The molecule has 2 heterocycles. The van der Waals surface area contributed by atoms with Crippen molar-refractivity contribution in [2.45, 2.75) is 19.9 Å². The van der Waals surface area contributed by atoms with Crippen molar-refractivity contribution in [3.05, 3.63) is 94.3 Å². The van der Waals surface area contributed by atoms with Gasteiger partial charge in [-0.05, 0) is 60.9 Å². The number of benzene rings is 2. The van der Waals surface area contributed by atoms with E-state index in [1.54, 1.807) is 25.1 Å². The van der Waals surface area contributed by atoms with Crippen LogP contribution in [0.2, 0.25) is 0 Å². The Morgan fingerprint density at radius 3 is 2.36 bits per heavy atom. The first-order valence-corrected chi connectivity index (χ1v) is 10.1. The lowest BCUT2D eigenvalue weighted by atomic mass is 9.94. The predicted octanol–water partition coefficient (Wildman–Crippen LogP) is 4.61. The average molecular weight is 450 g/mol. The van der Waals surface area contributed by atoms with E-state index in [1.165, 1.54) is 25.6 Å². The quantitative estimate of drug-likeness (QED) is 0.357. The minimum absolute atomic E-state index is 0.0238. The maximum atomic E-state index is 14.0. The van der Waals surface area contributed by atoms with Crippen LogP contribution in [0.25, 0.3) is 5.76 Å². The highest BCUT2D eigenvalue weighted by Crippen LogP contribution is 2.43. The third-order valence-corrected chi connectivity index (χ3v) is 5.53. The lowest BCUT2D eigenvalue weighted by Gasteiger charge is -2.25. The van der Waals surface area contributed by atoms with E-state index in [0.29, 0.717) is 11.3 Å². The molecule has 6 nitrogen and oxygen atoms in total. The van der Waals surface area contributed by atoms with Gasteiger partial charge in [-0.1, -0.05) is 6.07 Å². The van der Waals surface area contributed by atoms with Crippen LogP contribution in [0.1, 0.15) is 28.3 Å². The molecule has 168 valence electrons. The summed E-state index contributed by atoms with van der Waals surface area (Å²) in [5, 5.41) is 11.3. The zero-order valence-corrected chi connectivity index (χ0v) is 18.1. The number of halogens is 2. The highest BCUT2D eigenvalue weighted by molar-refractivity contribution is 6.51. The van der Waals surface area contributed by atoms with Gasteiger partial charge in [0.25, 0.3) is 11.7 Å². The van der Waals surface area contributed by atoms with E-state index in [1.807, 2.05) is 13.0 Å². The van der Waals surface area contributed by atoms with Gasteiger partial charge in [0.15, 0.2) is 11.6 Å². The Kier molecular flexibility index (Phi) is 5.68. The molecule has 0 bridgehead atoms. The summed E-state index contributed by atoms with van der Waals surface area (Å²) in [6, 6.07) is 8.49. The van der Waals surface area contributed by atoms with Gasteiger partial charge >= 0.3 is 0 Å². The van der Waals surface area contributed by atoms with E-state index >= 15 is 0 Å². The van der Waals surface area contributed by atoms with Crippen LogP contribution in [0.5, 0.6) is 5.75 Å². The SMILES string of the molecule is COc1c(C)cc(C)cc1/C(O)=C1\C(=O)C(=O)N(c2ccc(F)c(F)c2)C1c1ccncc1. The Morgan fingerprint density at radius 2 is 1.73 bits per heavy atom. The van der Waals surface area contributed by atoms with Crippen LogP contribution in [-0.2, 0) is 9.59 Å². The minimum Gasteiger partial charge on any atom is -0.507 e. The Labute approximate surface area is 188 Å². The second-order valence-corrected chi connectivity index (χ2v) is 7.71. The summed E-state index contributed by atoms with van der Waals surface area (Å²) < 4.78 is 33.0. The van der Waals surface area contributed by atoms with Crippen LogP contribution in [-0.4, -0.2) is 28.9 Å². The van der Waals surface area contributed by atoms with Gasteiger partial charge < -0.3 is 9.84 Å². The number of ketones is 1. The van der Waals surface area contributed by atoms with Crippen molar-refractivity contribution in [1.29, 1.82) is 0 Å². The number of methoxy groups -OCH3 is 1. The van der Waals surface area contributed by atoms with Gasteiger partial charge in [-0.25, -0.2) is 8.78 Å². The molecule has 1 unspecified atom stereocenters. The minimum atomic E-state index is -1.17. The predicted molar refractivity (Wildman–Crippen MR) is 118 cm³/mol. The van der Waals surface area contributed by atoms with Crippen molar-refractivity contribution in [1.82, 2.24) is 4.98 Å². The highest BCUT2D eigenvalue weighted by Gasteiger charge is 2.47. The average Bonchev–Trinajstić information content (AvgIpc) is 3.06. The summed E-state index contributed by atoms with van der Waals surface area (Å²) in [4.78, 5) is 31.3. The summed E-state index contributed by atoms with van der Waals surface area (Å²) in [7, 11) is 1.44. The van der Waals surface area contributed by atoms with Crippen molar-refractivity contribution in [3.63, 3.8) is 0 Å². The molecule has 0 saturated carbocycles. The summed E-state index contributed by atoms with van der Waals surface area (Å²) in [5.74, 6) is -4.27. The first kappa shape index (κ1) is 22.1. The third kappa shape index (κ3) is 3.73. The third-order valence-electron chi connectivity index (χ3n) is 5.53. The van der Waals surface area contributed by atoms with Gasteiger partial charge in [-0.2, -0.15) is 0 Å². The van der Waals surface area contributed by atoms with Crippen molar-refractivity contribution < 1.29 is 28.2 Å². The molecule has 3 aromatic rings. The number of hydrogen-bond acceptors (Lipinski definition) is 5. The maximum Gasteiger partial charge on any atom is 0.300 e. The molecule has 1 N–H and O–H groups in total. The summed E-state index contributed by atoms with van der Waals surface area (Å²) in [6.07, 6.45) is 2.94. The van der Waals surface area contributed by atoms with E-state index < -0.39 is 35.1 Å². The van der Waals surface area contributed by atoms with Crippen molar-refractivity contribution in [3.8, 4) is 5.75 Å². The van der Waals surface area contributed by atoms with Gasteiger partial charge in [0.1, 0.15) is 11.5 Å².